The second kappa shape index (κ2) is 8.75. The topological polar surface area (TPSA) is 58.6 Å². The van der Waals surface area contributed by atoms with Crippen LogP contribution in [0.2, 0.25) is 5.02 Å². The van der Waals surface area contributed by atoms with Crippen molar-refractivity contribution in [2.75, 3.05) is 17.3 Å². The molecular weight excluding hydrogens is 436 g/mol. The third-order valence-electron chi connectivity index (χ3n) is 5.91. The molecule has 0 bridgehead atoms. The molecule has 0 aromatic heterocycles. The van der Waals surface area contributed by atoms with Crippen molar-refractivity contribution in [1.82, 2.24) is 0 Å². The summed E-state index contributed by atoms with van der Waals surface area (Å²) in [6, 6.07) is 16.5. The van der Waals surface area contributed by atoms with Crippen LogP contribution in [0.15, 0.2) is 60.3 Å². The summed E-state index contributed by atoms with van der Waals surface area (Å²) in [5.74, 6) is -0.296. The summed E-state index contributed by atoms with van der Waals surface area (Å²) in [5.41, 5.74) is 6.31. The minimum Gasteiger partial charge on any atom is -0.495 e. The Hall–Kier alpha value is -3.57. The minimum absolute atomic E-state index is 0.186. The zero-order chi connectivity index (χ0) is 23.9. The molecule has 6 heteroatoms. The number of hydrogen-bond acceptors (Lipinski definition) is 4. The summed E-state index contributed by atoms with van der Waals surface area (Å²) in [6.45, 7) is 7.87. The highest BCUT2D eigenvalue weighted by atomic mass is 35.5. The first-order valence-corrected chi connectivity index (χ1v) is 11.0. The van der Waals surface area contributed by atoms with E-state index in [0.717, 1.165) is 22.3 Å². The van der Waals surface area contributed by atoms with E-state index in [0.29, 0.717) is 33.3 Å². The van der Waals surface area contributed by atoms with Gasteiger partial charge >= 0.3 is 0 Å². The van der Waals surface area contributed by atoms with Crippen LogP contribution in [0.4, 0.5) is 11.4 Å². The lowest BCUT2D eigenvalue weighted by atomic mass is 9.97. The van der Waals surface area contributed by atoms with Crippen LogP contribution in [-0.2, 0) is 9.59 Å². The zero-order valence-corrected chi connectivity index (χ0v) is 20.0. The van der Waals surface area contributed by atoms with Gasteiger partial charge in [0.25, 0.3) is 11.8 Å². The third kappa shape index (κ3) is 4.12. The Labute approximate surface area is 198 Å². The maximum Gasteiger partial charge on any atom is 0.282 e. The average molecular weight is 461 g/mol. The molecule has 0 fully saturated rings. The Balaban J connectivity index is 1.90. The van der Waals surface area contributed by atoms with E-state index < -0.39 is 5.91 Å². The highest BCUT2D eigenvalue weighted by molar-refractivity contribution is 6.46. The summed E-state index contributed by atoms with van der Waals surface area (Å²) in [5, 5.41) is 3.64. The van der Waals surface area contributed by atoms with Crippen molar-refractivity contribution in [3.63, 3.8) is 0 Å². The molecule has 3 aromatic carbocycles. The van der Waals surface area contributed by atoms with Crippen LogP contribution in [-0.4, -0.2) is 18.9 Å². The number of benzene rings is 3. The van der Waals surface area contributed by atoms with Crippen molar-refractivity contribution in [3.05, 3.63) is 93.1 Å². The van der Waals surface area contributed by atoms with Gasteiger partial charge in [0, 0.05) is 5.02 Å². The third-order valence-corrected chi connectivity index (χ3v) is 6.14. The number of hydrogen-bond donors (Lipinski definition) is 1. The van der Waals surface area contributed by atoms with E-state index in [1.807, 2.05) is 58.0 Å². The molecule has 0 saturated heterocycles. The molecule has 4 rings (SSSR count). The number of nitrogens with zero attached hydrogens (tertiary/aromatic N) is 1. The van der Waals surface area contributed by atoms with E-state index in [9.17, 15) is 9.59 Å². The average Bonchev–Trinajstić information content (AvgIpc) is 3.00. The van der Waals surface area contributed by atoms with Crippen molar-refractivity contribution in [2.24, 2.45) is 0 Å². The standard InChI is InChI=1S/C27H25ClN2O3/c1-15-6-10-21(18(4)12-15)24-25(29-22-14-19(28)8-11-23(22)33-5)27(32)30(26(24)31)20-9-7-16(2)17(3)13-20/h6-14,29H,1-5H3. The molecule has 0 spiro atoms. The predicted octanol–water partition coefficient (Wildman–Crippen LogP) is 5.98. The fraction of sp³-hybridized carbons (Fsp3) is 0.185. The molecule has 1 aliphatic heterocycles. The van der Waals surface area contributed by atoms with E-state index >= 15 is 0 Å². The molecule has 1 aliphatic rings. The van der Waals surface area contributed by atoms with Gasteiger partial charge in [-0.05, 0) is 80.3 Å². The summed E-state index contributed by atoms with van der Waals surface area (Å²) >= 11 is 6.20. The summed E-state index contributed by atoms with van der Waals surface area (Å²) in [6.07, 6.45) is 0. The largest absolute Gasteiger partial charge is 0.495 e. The Morgan fingerprint density at radius 3 is 2.24 bits per heavy atom. The van der Waals surface area contributed by atoms with Gasteiger partial charge in [0.15, 0.2) is 0 Å². The highest BCUT2D eigenvalue weighted by Crippen LogP contribution is 2.38. The monoisotopic (exact) mass is 460 g/mol. The van der Waals surface area contributed by atoms with Crippen LogP contribution in [0.25, 0.3) is 5.57 Å². The summed E-state index contributed by atoms with van der Waals surface area (Å²) in [7, 11) is 1.54. The quantitative estimate of drug-likeness (QED) is 0.476. The lowest BCUT2D eigenvalue weighted by Crippen LogP contribution is -2.32. The number of carbonyl (C=O) groups excluding carboxylic acids is 2. The van der Waals surface area contributed by atoms with Crippen LogP contribution in [0.1, 0.15) is 27.8 Å². The van der Waals surface area contributed by atoms with Gasteiger partial charge in [0.05, 0.1) is 24.1 Å². The molecule has 1 heterocycles. The van der Waals surface area contributed by atoms with E-state index in [2.05, 4.69) is 5.32 Å². The first-order valence-electron chi connectivity index (χ1n) is 10.6. The molecule has 1 N–H and O–H groups in total. The smallest absolute Gasteiger partial charge is 0.282 e. The van der Waals surface area contributed by atoms with E-state index in [1.54, 1.807) is 24.3 Å². The second-order valence-electron chi connectivity index (χ2n) is 8.25. The first kappa shape index (κ1) is 22.6. The highest BCUT2D eigenvalue weighted by Gasteiger charge is 2.41. The number of halogens is 1. The van der Waals surface area contributed by atoms with Crippen molar-refractivity contribution in [3.8, 4) is 5.75 Å². The first-order chi connectivity index (χ1) is 15.7. The molecule has 0 radical (unpaired) electrons. The van der Waals surface area contributed by atoms with E-state index in [-0.39, 0.29) is 11.6 Å². The number of anilines is 2. The number of amides is 2. The van der Waals surface area contributed by atoms with Crippen LogP contribution in [0, 0.1) is 27.7 Å². The number of carbonyl (C=O) groups is 2. The van der Waals surface area contributed by atoms with Crippen LogP contribution in [0.5, 0.6) is 5.75 Å². The minimum atomic E-state index is -0.430. The van der Waals surface area contributed by atoms with Gasteiger partial charge in [-0.25, -0.2) is 4.90 Å². The number of imide groups is 1. The maximum absolute atomic E-state index is 13.7. The molecule has 33 heavy (non-hydrogen) atoms. The van der Waals surface area contributed by atoms with Gasteiger partial charge in [-0.15, -0.1) is 0 Å². The molecule has 0 aliphatic carbocycles. The molecule has 168 valence electrons. The van der Waals surface area contributed by atoms with Gasteiger partial charge in [-0.1, -0.05) is 41.4 Å². The Morgan fingerprint density at radius 2 is 1.58 bits per heavy atom. The number of nitrogens with one attached hydrogen (secondary N) is 1. The van der Waals surface area contributed by atoms with Crippen molar-refractivity contribution in [2.45, 2.75) is 27.7 Å². The Bertz CT molecular complexity index is 1330. The van der Waals surface area contributed by atoms with Crippen molar-refractivity contribution < 1.29 is 14.3 Å². The lowest BCUT2D eigenvalue weighted by Gasteiger charge is -2.17. The fourth-order valence-electron chi connectivity index (χ4n) is 4.00. The molecule has 5 nitrogen and oxygen atoms in total. The molecule has 0 saturated carbocycles. The summed E-state index contributed by atoms with van der Waals surface area (Å²) < 4.78 is 5.44. The van der Waals surface area contributed by atoms with Gasteiger partial charge in [0.1, 0.15) is 11.4 Å². The molecular formula is C27H25ClN2O3. The van der Waals surface area contributed by atoms with E-state index in [4.69, 9.17) is 16.3 Å². The predicted molar refractivity (Wildman–Crippen MR) is 133 cm³/mol. The van der Waals surface area contributed by atoms with Gasteiger partial charge in [-0.2, -0.15) is 0 Å². The van der Waals surface area contributed by atoms with E-state index in [1.165, 1.54) is 12.0 Å². The normalized spacial score (nSPS) is 13.7. The van der Waals surface area contributed by atoms with Gasteiger partial charge in [-0.3, -0.25) is 9.59 Å². The van der Waals surface area contributed by atoms with Crippen LogP contribution < -0.4 is 15.0 Å². The molecule has 0 unspecified atom stereocenters. The Kier molecular flexibility index (Phi) is 6.00. The SMILES string of the molecule is COc1ccc(Cl)cc1NC1=C(c2ccc(C)cc2C)C(=O)N(c2ccc(C)c(C)c2)C1=O. The maximum atomic E-state index is 13.7. The molecule has 3 aromatic rings. The summed E-state index contributed by atoms with van der Waals surface area (Å²) in [4.78, 5) is 28.6. The molecule has 2 amide bonds. The lowest BCUT2D eigenvalue weighted by molar-refractivity contribution is -0.120. The van der Waals surface area contributed by atoms with Crippen molar-refractivity contribution >= 4 is 40.4 Å². The Morgan fingerprint density at radius 1 is 0.818 bits per heavy atom. The number of rotatable bonds is 5. The van der Waals surface area contributed by atoms with Crippen LogP contribution >= 0.6 is 11.6 Å². The van der Waals surface area contributed by atoms with Gasteiger partial charge < -0.3 is 10.1 Å². The number of aryl methyl sites for hydroxylation is 4. The second-order valence-corrected chi connectivity index (χ2v) is 8.69. The number of methoxy groups -OCH3 is 1. The fourth-order valence-corrected chi connectivity index (χ4v) is 4.17. The number of ether oxygens (including phenoxy) is 1. The van der Waals surface area contributed by atoms with Gasteiger partial charge in [0.2, 0.25) is 0 Å². The molecule has 0 atom stereocenters. The van der Waals surface area contributed by atoms with Crippen LogP contribution in [0.3, 0.4) is 0 Å². The zero-order valence-electron chi connectivity index (χ0n) is 19.2. The van der Waals surface area contributed by atoms with Crippen molar-refractivity contribution in [1.29, 1.82) is 0 Å².